The van der Waals surface area contributed by atoms with Gasteiger partial charge in [-0.1, -0.05) is 39.8 Å². The molecule has 0 bridgehead atoms. The van der Waals surface area contributed by atoms with Crippen LogP contribution in [0.25, 0.3) is 0 Å². The first-order valence-corrected chi connectivity index (χ1v) is 21.4. The van der Waals surface area contributed by atoms with Crippen molar-refractivity contribution in [2.24, 2.45) is 56.2 Å². The predicted octanol–water partition coefficient (Wildman–Crippen LogP) is -2.80. The first kappa shape index (κ1) is 53.7. The summed E-state index contributed by atoms with van der Waals surface area (Å²) in [5.74, 6) is -4.43. The molecule has 0 aliphatic rings. The molecule has 0 radical (unpaired) electrons. The third-order valence-corrected chi connectivity index (χ3v) is 9.21. The number of hydrogen-bond acceptors (Lipinski definition) is 12. The molecule has 61 heavy (non-hydrogen) atoms. The number of guanidine groups is 2. The van der Waals surface area contributed by atoms with Crippen LogP contribution in [-0.2, 0) is 39.8 Å². The van der Waals surface area contributed by atoms with Crippen molar-refractivity contribution in [3.63, 3.8) is 0 Å². The number of Topliss-reactive ketones (excluding diaryl/α,β-unsaturated/α-hetero) is 1. The van der Waals surface area contributed by atoms with Crippen molar-refractivity contribution >= 4 is 55.1 Å². The van der Waals surface area contributed by atoms with Gasteiger partial charge in [0.05, 0.1) is 24.7 Å². The fourth-order valence-corrected chi connectivity index (χ4v) is 6.13. The van der Waals surface area contributed by atoms with Crippen LogP contribution in [0.15, 0.2) is 34.3 Å². The van der Waals surface area contributed by atoms with Crippen molar-refractivity contribution in [3.8, 4) is 5.75 Å². The Morgan fingerprint density at radius 1 is 0.656 bits per heavy atom. The first-order valence-electron chi connectivity index (χ1n) is 19.9. The van der Waals surface area contributed by atoms with Crippen molar-refractivity contribution in [1.82, 2.24) is 26.6 Å². The van der Waals surface area contributed by atoms with Crippen LogP contribution in [0.5, 0.6) is 5.75 Å². The van der Waals surface area contributed by atoms with Gasteiger partial charge in [-0.2, -0.15) is 0 Å². The SMILES string of the molecule is CC(C)C[C@H](N)C(=O)NCC(=O)C(Cc1ccc(OP(=O)(O)O)cc1)NC(=O)[C@H](C)NC(=O)[C@H](CCCN=C(N)N)NC(=O)[C@H](CCCN=C(N)N)NC(=O)[C@@H](N)CC(C)C. The molecule has 0 heterocycles. The van der Waals surface area contributed by atoms with Gasteiger partial charge in [0.2, 0.25) is 29.5 Å². The molecule has 1 unspecified atom stereocenters. The van der Waals surface area contributed by atoms with Crippen LogP contribution in [0.3, 0.4) is 0 Å². The zero-order valence-electron chi connectivity index (χ0n) is 35.5. The molecular weight excluding hydrogens is 817 g/mol. The van der Waals surface area contributed by atoms with Gasteiger partial charge in [0.1, 0.15) is 23.9 Å². The van der Waals surface area contributed by atoms with Gasteiger partial charge in [0.15, 0.2) is 17.7 Å². The van der Waals surface area contributed by atoms with Gasteiger partial charge in [0.25, 0.3) is 0 Å². The number of phosphoric acid groups is 1. The van der Waals surface area contributed by atoms with E-state index in [1.165, 1.54) is 31.2 Å². The van der Waals surface area contributed by atoms with E-state index in [0.717, 1.165) is 0 Å². The fraction of sp³-hybridized carbons (Fsp3) is 0.622. The van der Waals surface area contributed by atoms with E-state index in [4.69, 9.17) is 44.2 Å². The van der Waals surface area contributed by atoms with Gasteiger partial charge in [-0.15, -0.1) is 0 Å². The molecule has 1 aromatic carbocycles. The summed E-state index contributed by atoms with van der Waals surface area (Å²) in [5.41, 5.74) is 34.2. The minimum Gasteiger partial charge on any atom is -0.404 e. The smallest absolute Gasteiger partial charge is 0.404 e. The van der Waals surface area contributed by atoms with E-state index in [2.05, 4.69) is 41.1 Å². The summed E-state index contributed by atoms with van der Waals surface area (Å²) in [5, 5.41) is 12.9. The second kappa shape index (κ2) is 26.8. The van der Waals surface area contributed by atoms with Gasteiger partial charge in [0, 0.05) is 13.1 Å². The van der Waals surface area contributed by atoms with Crippen LogP contribution in [0.4, 0.5) is 0 Å². The standard InChI is InChI=1S/C37H66N13O10P/c1-20(2)16-25(38)32(53)46-19-30(51)29(18-23-10-12-24(13-11-23)60-61(57,58)59)50-31(52)22(5)47-34(55)27(8-6-14-44-36(40)41)49-35(56)28(9-7-15-45-37(42)43)48-33(54)26(39)17-21(3)4/h10-13,20-22,25-29H,6-9,14-19,38-39H2,1-5H3,(H,46,53)(H,47,55)(H,48,54)(H,49,56)(H,50,52)(H4,40,41,44)(H4,42,43,45)(H2,57,58,59)/t22-,25-,26-,27-,28-,29?/m0/s1. The topological polar surface area (TPSA) is 410 Å². The molecule has 344 valence electrons. The number of carbonyl (C=O) groups is 6. The Morgan fingerprint density at radius 3 is 1.56 bits per heavy atom. The molecule has 5 amide bonds. The minimum atomic E-state index is -4.85. The predicted molar refractivity (Wildman–Crippen MR) is 229 cm³/mol. The summed E-state index contributed by atoms with van der Waals surface area (Å²) in [7, 11) is -4.85. The summed E-state index contributed by atoms with van der Waals surface area (Å²) in [4.78, 5) is 106. The van der Waals surface area contributed by atoms with Crippen LogP contribution < -0.4 is 65.5 Å². The Balaban J connectivity index is 3.32. The second-order valence-electron chi connectivity index (χ2n) is 15.4. The summed E-state index contributed by atoms with van der Waals surface area (Å²) >= 11 is 0. The molecule has 0 aromatic heterocycles. The number of nitrogens with one attached hydrogen (secondary N) is 5. The number of rotatable bonds is 28. The Labute approximate surface area is 356 Å². The zero-order chi connectivity index (χ0) is 46.4. The number of nitrogens with zero attached hydrogens (tertiary/aromatic N) is 2. The summed E-state index contributed by atoms with van der Waals surface area (Å²) in [6.45, 7) is 8.61. The maximum atomic E-state index is 13.8. The highest BCUT2D eigenvalue weighted by atomic mass is 31.2. The second-order valence-corrected chi connectivity index (χ2v) is 16.6. The van der Waals surface area contributed by atoms with Crippen molar-refractivity contribution in [2.75, 3.05) is 19.6 Å². The lowest BCUT2D eigenvalue weighted by molar-refractivity contribution is -0.134. The van der Waals surface area contributed by atoms with Crippen molar-refractivity contribution in [1.29, 1.82) is 0 Å². The van der Waals surface area contributed by atoms with Gasteiger partial charge in [-0.05, 0) is 81.4 Å². The molecule has 19 N–H and O–H groups in total. The van der Waals surface area contributed by atoms with E-state index < -0.39 is 85.9 Å². The van der Waals surface area contributed by atoms with E-state index in [9.17, 15) is 33.3 Å². The van der Waals surface area contributed by atoms with Crippen molar-refractivity contribution in [3.05, 3.63) is 29.8 Å². The monoisotopic (exact) mass is 883 g/mol. The quantitative estimate of drug-likeness (QED) is 0.0175. The normalized spacial score (nSPS) is 14.3. The highest BCUT2D eigenvalue weighted by Crippen LogP contribution is 2.37. The van der Waals surface area contributed by atoms with E-state index >= 15 is 0 Å². The first-order chi connectivity index (χ1) is 28.4. The molecule has 23 nitrogen and oxygen atoms in total. The van der Waals surface area contributed by atoms with Gasteiger partial charge < -0.3 is 65.5 Å². The van der Waals surface area contributed by atoms with E-state index in [1.54, 1.807) is 0 Å². The molecule has 0 aliphatic heterocycles. The van der Waals surface area contributed by atoms with Gasteiger partial charge >= 0.3 is 7.82 Å². The number of ketones is 1. The number of amides is 5. The highest BCUT2D eigenvalue weighted by molar-refractivity contribution is 7.46. The Kier molecular flexibility index (Phi) is 23.6. The number of hydrogen-bond donors (Lipinski definition) is 13. The lowest BCUT2D eigenvalue weighted by Gasteiger charge is -2.26. The van der Waals surface area contributed by atoms with E-state index in [0.29, 0.717) is 18.4 Å². The molecule has 0 saturated carbocycles. The Hall–Kier alpha value is -5.35. The fourth-order valence-electron chi connectivity index (χ4n) is 5.74. The largest absolute Gasteiger partial charge is 0.524 e. The summed E-state index contributed by atoms with van der Waals surface area (Å²) < 4.78 is 15.8. The van der Waals surface area contributed by atoms with E-state index in [-0.39, 0.29) is 74.7 Å². The average molecular weight is 884 g/mol. The Bertz CT molecular complexity index is 1710. The Morgan fingerprint density at radius 2 is 1.10 bits per heavy atom. The van der Waals surface area contributed by atoms with Crippen LogP contribution in [0.2, 0.25) is 0 Å². The molecule has 0 aliphatic carbocycles. The molecule has 0 spiro atoms. The molecule has 0 fully saturated rings. The zero-order valence-corrected chi connectivity index (χ0v) is 36.4. The number of benzene rings is 1. The third-order valence-electron chi connectivity index (χ3n) is 8.76. The third kappa shape index (κ3) is 23.3. The van der Waals surface area contributed by atoms with Crippen LogP contribution in [0, 0.1) is 11.8 Å². The molecule has 1 rings (SSSR count). The van der Waals surface area contributed by atoms with Crippen LogP contribution in [0.1, 0.15) is 78.7 Å². The summed E-state index contributed by atoms with van der Waals surface area (Å²) in [6.07, 6.45) is 1.10. The number of nitrogens with two attached hydrogens (primary N) is 6. The van der Waals surface area contributed by atoms with Gasteiger partial charge in [-0.3, -0.25) is 48.5 Å². The molecule has 24 heteroatoms. The number of aliphatic imine (C=N–C) groups is 2. The van der Waals surface area contributed by atoms with Crippen molar-refractivity contribution in [2.45, 2.75) is 116 Å². The van der Waals surface area contributed by atoms with Crippen LogP contribution >= 0.6 is 7.82 Å². The van der Waals surface area contributed by atoms with E-state index in [1.807, 2.05) is 27.7 Å². The molecule has 1 aromatic rings. The number of phosphoric ester groups is 1. The lowest BCUT2D eigenvalue weighted by Crippen LogP contribution is -2.58. The highest BCUT2D eigenvalue weighted by Gasteiger charge is 2.31. The average Bonchev–Trinajstić information content (AvgIpc) is 3.14. The van der Waals surface area contributed by atoms with Gasteiger partial charge in [-0.25, -0.2) is 4.57 Å². The molecule has 0 saturated heterocycles. The van der Waals surface area contributed by atoms with Crippen LogP contribution in [-0.4, -0.2) is 113 Å². The lowest BCUT2D eigenvalue weighted by atomic mass is 10.0. The maximum absolute atomic E-state index is 13.8. The van der Waals surface area contributed by atoms with Crippen molar-refractivity contribution < 1.29 is 47.6 Å². The summed E-state index contributed by atoms with van der Waals surface area (Å²) in [6, 6.07) is -1.43. The molecule has 6 atom stereocenters. The maximum Gasteiger partial charge on any atom is 0.524 e. The minimum absolute atomic E-state index is 0.00823. The molecular formula is C37H66N13O10P. The number of carbonyl (C=O) groups excluding carboxylic acids is 6.